The van der Waals surface area contributed by atoms with Crippen LogP contribution in [0.3, 0.4) is 0 Å². The first-order valence-corrected chi connectivity index (χ1v) is 30.9. The number of unbranched alkanes of at least 4 members (excludes halogenated alkanes) is 30. The predicted octanol–water partition coefficient (Wildman–Crippen LogP) is 18.5. The molecule has 9 nitrogen and oxygen atoms in total. The van der Waals surface area contributed by atoms with Gasteiger partial charge in [-0.3, -0.25) is 18.6 Å². The second-order valence-corrected chi connectivity index (χ2v) is 20.9. The third kappa shape index (κ3) is 56.6. The monoisotopic (exact) mass is 1020 g/mol. The van der Waals surface area contributed by atoms with Crippen LogP contribution in [0.1, 0.15) is 271 Å². The highest BCUT2D eigenvalue weighted by Crippen LogP contribution is 2.43. The third-order valence-corrected chi connectivity index (χ3v) is 13.6. The lowest BCUT2D eigenvalue weighted by molar-refractivity contribution is -0.161. The Morgan fingerprint density at radius 3 is 1.17 bits per heavy atom. The molecule has 0 heterocycles. The molecule has 0 radical (unpaired) electrons. The van der Waals surface area contributed by atoms with Crippen LogP contribution in [0.4, 0.5) is 0 Å². The Balaban J connectivity index is 3.96. The number of esters is 2. The van der Waals surface area contributed by atoms with Crippen molar-refractivity contribution in [1.82, 2.24) is 0 Å². The summed E-state index contributed by atoms with van der Waals surface area (Å²) in [5, 5.41) is 0. The van der Waals surface area contributed by atoms with Crippen molar-refractivity contribution >= 4 is 19.8 Å². The zero-order valence-electron chi connectivity index (χ0n) is 45.9. The fraction of sp³-hybridized carbons (Fsp3) is 0.770. The molecule has 0 saturated heterocycles. The zero-order chi connectivity index (χ0) is 51.7. The Morgan fingerprint density at radius 2 is 0.775 bits per heavy atom. The van der Waals surface area contributed by atoms with Crippen LogP contribution in [-0.4, -0.2) is 49.3 Å². The van der Waals surface area contributed by atoms with Crippen molar-refractivity contribution < 1.29 is 37.6 Å². The van der Waals surface area contributed by atoms with Crippen molar-refractivity contribution in [3.8, 4) is 0 Å². The van der Waals surface area contributed by atoms with Crippen LogP contribution in [0, 0.1) is 0 Å². The van der Waals surface area contributed by atoms with Crippen LogP contribution in [0.15, 0.2) is 72.9 Å². The maximum Gasteiger partial charge on any atom is 0.472 e. The van der Waals surface area contributed by atoms with Gasteiger partial charge in [-0.15, -0.1) is 0 Å². The minimum Gasteiger partial charge on any atom is -0.462 e. The smallest absolute Gasteiger partial charge is 0.462 e. The predicted molar refractivity (Wildman–Crippen MR) is 302 cm³/mol. The number of hydrogen-bond donors (Lipinski definition) is 2. The van der Waals surface area contributed by atoms with E-state index < -0.39 is 26.5 Å². The highest BCUT2D eigenvalue weighted by Gasteiger charge is 2.26. The first-order valence-electron chi connectivity index (χ1n) is 29.4. The quantitative estimate of drug-likeness (QED) is 0.0264. The van der Waals surface area contributed by atoms with Gasteiger partial charge in [0.05, 0.1) is 13.2 Å². The van der Waals surface area contributed by atoms with E-state index in [-0.39, 0.29) is 38.6 Å². The summed E-state index contributed by atoms with van der Waals surface area (Å²) in [7, 11) is -4.39. The van der Waals surface area contributed by atoms with Gasteiger partial charge in [-0.05, 0) is 83.5 Å². The zero-order valence-corrected chi connectivity index (χ0v) is 46.8. The first kappa shape index (κ1) is 68.5. The van der Waals surface area contributed by atoms with Gasteiger partial charge in [-0.25, -0.2) is 4.57 Å². The number of rotatable bonds is 55. The Morgan fingerprint density at radius 1 is 0.437 bits per heavy atom. The normalized spacial score (nSPS) is 13.6. The average Bonchev–Trinajstić information content (AvgIpc) is 3.36. The van der Waals surface area contributed by atoms with Crippen molar-refractivity contribution in [2.75, 3.05) is 26.4 Å². The number of carbonyl (C=O) groups excluding carboxylic acids is 2. The number of phosphoric ester groups is 1. The molecule has 0 fully saturated rings. The molecule has 0 rings (SSSR count). The SMILES string of the molecule is CC/C=C\C/C=C\C/C=C\C/C=C\C/C=C\CCCCCCCCCCCCCCCC(=O)OC(COC(=O)CCCCCCCCCCC/C=C\CCCCCCCCCC)COP(=O)(O)OCCN. The highest BCUT2D eigenvalue weighted by atomic mass is 31.2. The molecule has 0 aliphatic rings. The van der Waals surface area contributed by atoms with Crippen LogP contribution in [0.2, 0.25) is 0 Å². The van der Waals surface area contributed by atoms with Crippen LogP contribution in [0.25, 0.3) is 0 Å². The molecule has 0 aromatic carbocycles. The molecule has 0 aliphatic heterocycles. The lowest BCUT2D eigenvalue weighted by Crippen LogP contribution is -2.29. The molecule has 2 atom stereocenters. The van der Waals surface area contributed by atoms with E-state index in [1.807, 2.05) is 0 Å². The van der Waals surface area contributed by atoms with Gasteiger partial charge in [0.25, 0.3) is 0 Å². The van der Waals surface area contributed by atoms with Gasteiger partial charge in [0.2, 0.25) is 0 Å². The second-order valence-electron chi connectivity index (χ2n) is 19.5. The fourth-order valence-electron chi connectivity index (χ4n) is 8.25. The minimum atomic E-state index is -4.39. The molecule has 0 bridgehead atoms. The molecule has 0 spiro atoms. The Bertz CT molecular complexity index is 1390. The van der Waals surface area contributed by atoms with Crippen molar-refractivity contribution in [3.05, 3.63) is 72.9 Å². The van der Waals surface area contributed by atoms with Gasteiger partial charge in [-0.1, -0.05) is 247 Å². The Hall–Kier alpha value is -2.55. The lowest BCUT2D eigenvalue weighted by Gasteiger charge is -2.19. The average molecular weight is 1020 g/mol. The molecule has 0 saturated carbocycles. The number of hydrogen-bond acceptors (Lipinski definition) is 8. The number of phosphoric acid groups is 1. The Kier molecular flexibility index (Phi) is 54.7. The molecule has 3 N–H and O–H groups in total. The summed E-state index contributed by atoms with van der Waals surface area (Å²) in [5.41, 5.74) is 5.38. The van der Waals surface area contributed by atoms with Gasteiger partial charge >= 0.3 is 19.8 Å². The summed E-state index contributed by atoms with van der Waals surface area (Å²) in [5.74, 6) is -0.825. The van der Waals surface area contributed by atoms with Crippen molar-refractivity contribution in [2.45, 2.75) is 277 Å². The standard InChI is InChI=1S/C61H110NO8P/c1-3-5-7-9-11-13-15-17-19-21-23-25-26-27-28-29-30-31-32-34-36-38-40-42-44-46-48-50-52-54-61(64)70-59(58-69-71(65,66)68-56-55-62)57-67-60(63)53-51-49-47-45-43-41-39-37-35-33-24-22-20-18-16-14-12-10-8-6-4-2/h5,7,11,13,17,19,22-25,27-28,59H,3-4,6,8-10,12,14-16,18,20-21,26,29-58,62H2,1-2H3,(H,65,66)/b7-5-,13-11-,19-17-,24-22-,25-23-,28-27-. The topological polar surface area (TPSA) is 134 Å². The Labute approximate surface area is 437 Å². The van der Waals surface area contributed by atoms with Crippen LogP contribution < -0.4 is 5.73 Å². The molecular weight excluding hydrogens is 906 g/mol. The molecule has 2 unspecified atom stereocenters. The third-order valence-electron chi connectivity index (χ3n) is 12.6. The highest BCUT2D eigenvalue weighted by molar-refractivity contribution is 7.47. The van der Waals surface area contributed by atoms with Gasteiger partial charge in [-0.2, -0.15) is 0 Å². The number of ether oxygens (including phenoxy) is 2. The van der Waals surface area contributed by atoms with Gasteiger partial charge in [0.1, 0.15) is 6.61 Å². The maximum atomic E-state index is 12.7. The van der Waals surface area contributed by atoms with E-state index in [1.54, 1.807) is 0 Å². The van der Waals surface area contributed by atoms with E-state index >= 15 is 0 Å². The van der Waals surface area contributed by atoms with Gasteiger partial charge in [0.15, 0.2) is 6.10 Å². The van der Waals surface area contributed by atoms with Crippen molar-refractivity contribution in [2.24, 2.45) is 5.73 Å². The summed E-state index contributed by atoms with van der Waals surface area (Å²) < 4.78 is 33.1. The number of nitrogens with two attached hydrogens (primary N) is 1. The lowest BCUT2D eigenvalue weighted by atomic mass is 10.0. The summed E-state index contributed by atoms with van der Waals surface area (Å²) in [6.07, 6.45) is 72.4. The van der Waals surface area contributed by atoms with E-state index in [0.29, 0.717) is 6.42 Å². The van der Waals surface area contributed by atoms with Gasteiger partial charge in [0, 0.05) is 19.4 Å². The van der Waals surface area contributed by atoms with Crippen LogP contribution >= 0.6 is 7.82 Å². The molecule has 0 amide bonds. The second kappa shape index (κ2) is 56.7. The number of carbonyl (C=O) groups is 2. The minimum absolute atomic E-state index is 0.0514. The molecule has 71 heavy (non-hydrogen) atoms. The fourth-order valence-corrected chi connectivity index (χ4v) is 9.01. The van der Waals surface area contributed by atoms with E-state index in [9.17, 15) is 19.0 Å². The molecule has 412 valence electrons. The summed E-state index contributed by atoms with van der Waals surface area (Å²) in [6, 6.07) is 0. The van der Waals surface area contributed by atoms with Gasteiger partial charge < -0.3 is 20.1 Å². The van der Waals surface area contributed by atoms with E-state index in [2.05, 4.69) is 86.8 Å². The molecular formula is C61H110NO8P. The van der Waals surface area contributed by atoms with Crippen molar-refractivity contribution in [3.63, 3.8) is 0 Å². The maximum absolute atomic E-state index is 12.7. The van der Waals surface area contributed by atoms with Crippen LogP contribution in [0.5, 0.6) is 0 Å². The van der Waals surface area contributed by atoms with Crippen molar-refractivity contribution in [1.29, 1.82) is 0 Å². The molecule has 0 aromatic heterocycles. The van der Waals surface area contributed by atoms with E-state index in [4.69, 9.17) is 24.3 Å². The summed E-state index contributed by atoms with van der Waals surface area (Å²) in [4.78, 5) is 35.2. The largest absolute Gasteiger partial charge is 0.472 e. The van der Waals surface area contributed by atoms with E-state index in [1.165, 1.54) is 167 Å². The van der Waals surface area contributed by atoms with Crippen LogP contribution in [-0.2, 0) is 32.7 Å². The molecule has 0 aromatic rings. The molecule has 0 aliphatic carbocycles. The first-order chi connectivity index (χ1) is 34.8. The number of allylic oxidation sites excluding steroid dienone is 12. The summed E-state index contributed by atoms with van der Waals surface area (Å²) >= 11 is 0. The van der Waals surface area contributed by atoms with E-state index in [0.717, 1.165) is 70.6 Å². The molecule has 10 heteroatoms. The summed E-state index contributed by atoms with van der Waals surface area (Å²) in [6.45, 7) is 3.65.